The molecule has 2 aliphatic rings. The third kappa shape index (κ3) is 4.91. The number of amides is 1. The zero-order valence-electron chi connectivity index (χ0n) is 20.4. The maximum absolute atomic E-state index is 13.0. The molecule has 1 amide bonds. The highest BCUT2D eigenvalue weighted by Crippen LogP contribution is 2.35. The van der Waals surface area contributed by atoms with E-state index in [0.717, 1.165) is 47.5 Å². The van der Waals surface area contributed by atoms with Crippen molar-refractivity contribution in [3.05, 3.63) is 52.5 Å². The molecule has 4 heterocycles. The summed E-state index contributed by atoms with van der Waals surface area (Å²) in [6.45, 7) is 7.20. The highest BCUT2D eigenvalue weighted by atomic mass is 32.1. The number of anilines is 2. The van der Waals surface area contributed by atoms with Gasteiger partial charge in [0, 0.05) is 55.5 Å². The molecule has 1 aromatic carbocycles. The van der Waals surface area contributed by atoms with Crippen LogP contribution in [-0.4, -0.2) is 49.7 Å². The lowest BCUT2D eigenvalue weighted by Crippen LogP contribution is -2.51. The van der Waals surface area contributed by atoms with Gasteiger partial charge in [0.15, 0.2) is 0 Å². The quantitative estimate of drug-likeness (QED) is 0.447. The van der Waals surface area contributed by atoms with Gasteiger partial charge in [-0.25, -0.2) is 4.98 Å². The second kappa shape index (κ2) is 9.92. The first-order valence-electron chi connectivity index (χ1n) is 12.5. The molecule has 2 aliphatic heterocycles. The van der Waals surface area contributed by atoms with E-state index in [0.29, 0.717) is 29.4 Å². The molecule has 7 heteroatoms. The molecule has 0 saturated carbocycles. The summed E-state index contributed by atoms with van der Waals surface area (Å²) in [4.78, 5) is 21.9. The highest BCUT2D eigenvalue weighted by molar-refractivity contribution is 7.21. The van der Waals surface area contributed by atoms with Crippen molar-refractivity contribution < 1.29 is 4.79 Å². The number of hydrogen-bond donors (Lipinski definition) is 3. The Kier molecular flexibility index (Phi) is 6.75. The lowest BCUT2D eigenvalue weighted by molar-refractivity contribution is 0.0959. The monoisotopic (exact) mass is 477 g/mol. The van der Waals surface area contributed by atoms with Crippen molar-refractivity contribution in [2.75, 3.05) is 36.9 Å². The molecule has 3 N–H and O–H groups in total. The number of thiophene rings is 1. The van der Waals surface area contributed by atoms with Crippen LogP contribution in [0.2, 0.25) is 0 Å². The number of nitrogens with zero attached hydrogens (tertiary/aromatic N) is 2. The number of pyridine rings is 1. The van der Waals surface area contributed by atoms with Crippen molar-refractivity contribution in [3.8, 4) is 0 Å². The van der Waals surface area contributed by atoms with Crippen LogP contribution in [0.4, 0.5) is 11.4 Å². The second-order valence-corrected chi connectivity index (χ2v) is 11.0. The van der Waals surface area contributed by atoms with Crippen LogP contribution < -0.4 is 20.9 Å². The van der Waals surface area contributed by atoms with E-state index in [9.17, 15) is 4.79 Å². The number of carbonyl (C=O) groups excluding carboxylic acids is 1. The van der Waals surface area contributed by atoms with Crippen molar-refractivity contribution in [2.24, 2.45) is 5.92 Å². The van der Waals surface area contributed by atoms with Gasteiger partial charge in [0.05, 0.1) is 5.69 Å². The molecule has 2 aromatic heterocycles. The Hall–Kier alpha value is -2.64. The van der Waals surface area contributed by atoms with Gasteiger partial charge in [0.2, 0.25) is 0 Å². The molecular weight excluding hydrogens is 442 g/mol. The van der Waals surface area contributed by atoms with E-state index >= 15 is 0 Å². The number of benzene rings is 1. The van der Waals surface area contributed by atoms with Crippen LogP contribution in [0.15, 0.2) is 36.4 Å². The molecule has 2 atom stereocenters. The van der Waals surface area contributed by atoms with E-state index in [4.69, 9.17) is 4.98 Å². The van der Waals surface area contributed by atoms with Crippen molar-refractivity contribution >= 4 is 38.8 Å². The van der Waals surface area contributed by atoms with E-state index in [1.165, 1.54) is 35.4 Å². The molecule has 2 saturated heterocycles. The number of aromatic nitrogens is 1. The molecule has 0 radical (unpaired) electrons. The number of piperazine rings is 1. The zero-order valence-corrected chi connectivity index (χ0v) is 21.2. The molecule has 2 bridgehead atoms. The molecule has 180 valence electrons. The molecule has 0 spiro atoms. The third-order valence-electron chi connectivity index (χ3n) is 6.90. The Balaban J connectivity index is 1.19. The van der Waals surface area contributed by atoms with Gasteiger partial charge in [-0.1, -0.05) is 26.0 Å². The topological polar surface area (TPSA) is 69.3 Å². The Bertz CT molecular complexity index is 1140. The van der Waals surface area contributed by atoms with Crippen LogP contribution >= 0.6 is 11.3 Å². The summed E-state index contributed by atoms with van der Waals surface area (Å²) in [7, 11) is 1.87. The van der Waals surface area contributed by atoms with Crippen LogP contribution in [0, 0.1) is 5.92 Å². The maximum atomic E-state index is 13.0. The fourth-order valence-electron chi connectivity index (χ4n) is 5.24. The van der Waals surface area contributed by atoms with E-state index in [2.05, 4.69) is 71.1 Å². The first-order valence-corrected chi connectivity index (χ1v) is 13.3. The zero-order chi connectivity index (χ0) is 23.7. The number of rotatable bonds is 8. The van der Waals surface area contributed by atoms with Gasteiger partial charge in [-0.2, -0.15) is 0 Å². The summed E-state index contributed by atoms with van der Waals surface area (Å²) < 4.78 is 0. The average Bonchev–Trinajstić information content (AvgIpc) is 3.37. The van der Waals surface area contributed by atoms with Crippen molar-refractivity contribution in [2.45, 2.75) is 51.6 Å². The number of nitrogens with one attached hydrogen (secondary N) is 3. The number of carbonyl (C=O) groups is 1. The molecule has 2 fully saturated rings. The molecule has 3 aromatic rings. The van der Waals surface area contributed by atoms with E-state index in [1.54, 1.807) is 0 Å². The predicted molar refractivity (Wildman–Crippen MR) is 142 cm³/mol. The Morgan fingerprint density at radius 1 is 1.15 bits per heavy atom. The van der Waals surface area contributed by atoms with E-state index < -0.39 is 0 Å². The Morgan fingerprint density at radius 3 is 2.56 bits per heavy atom. The third-order valence-corrected chi connectivity index (χ3v) is 8.00. The lowest BCUT2D eigenvalue weighted by atomic mass is 10.1. The van der Waals surface area contributed by atoms with Crippen LogP contribution in [0.25, 0.3) is 10.2 Å². The Morgan fingerprint density at radius 2 is 1.88 bits per heavy atom. The first-order chi connectivity index (χ1) is 16.5. The minimum absolute atomic E-state index is 0.0364. The summed E-state index contributed by atoms with van der Waals surface area (Å²) >= 11 is 1.47. The normalized spacial score (nSPS) is 19.7. The lowest BCUT2D eigenvalue weighted by Gasteiger charge is -2.34. The summed E-state index contributed by atoms with van der Waals surface area (Å²) in [5, 5.41) is 11.0. The molecule has 6 nitrogen and oxygen atoms in total. The second-order valence-electron chi connectivity index (χ2n) is 10.0. The fourth-order valence-corrected chi connectivity index (χ4v) is 6.35. The summed E-state index contributed by atoms with van der Waals surface area (Å²) in [6, 6.07) is 14.3. The van der Waals surface area contributed by atoms with Gasteiger partial charge in [-0.15, -0.1) is 11.3 Å². The van der Waals surface area contributed by atoms with Crippen LogP contribution in [-0.2, 0) is 12.8 Å². The van der Waals surface area contributed by atoms with Crippen molar-refractivity contribution in [1.82, 2.24) is 15.6 Å². The van der Waals surface area contributed by atoms with Crippen molar-refractivity contribution in [1.29, 1.82) is 0 Å². The van der Waals surface area contributed by atoms with Gasteiger partial charge in [0.1, 0.15) is 9.71 Å². The van der Waals surface area contributed by atoms with Gasteiger partial charge < -0.3 is 20.9 Å². The smallest absolute Gasteiger partial charge is 0.263 e. The van der Waals surface area contributed by atoms with Crippen LogP contribution in [0.1, 0.15) is 47.6 Å². The molecule has 5 rings (SSSR count). The van der Waals surface area contributed by atoms with E-state index in [-0.39, 0.29) is 5.91 Å². The summed E-state index contributed by atoms with van der Waals surface area (Å²) in [5.41, 5.74) is 4.50. The molecule has 1 unspecified atom stereocenters. The standard InChI is InChI=1S/C27H35N5OS/c1-17(2)14-19-8-11-23-24(28-3)25(34-27(23)31-19)26(33)29-13-12-18-4-9-22(10-5-18)32-15-20-6-7-21(16-32)30-20/h4-5,8-11,17,20-21,28,30H,6-7,12-16H2,1-3H3,(H,29,33)/t20-,21?/m1/s1. The van der Waals surface area contributed by atoms with Crippen LogP contribution in [0.3, 0.4) is 0 Å². The van der Waals surface area contributed by atoms with Crippen molar-refractivity contribution in [3.63, 3.8) is 0 Å². The van der Waals surface area contributed by atoms with E-state index in [1.807, 2.05) is 7.05 Å². The van der Waals surface area contributed by atoms with Gasteiger partial charge in [-0.05, 0) is 61.4 Å². The predicted octanol–water partition coefficient (Wildman–Crippen LogP) is 4.45. The maximum Gasteiger partial charge on any atom is 0.263 e. The fraction of sp³-hybridized carbons (Fsp3) is 0.481. The molecule has 0 aliphatic carbocycles. The SMILES string of the molecule is CNc1c(C(=O)NCCc2ccc(N3CC4CC[C@H](C3)N4)cc2)sc2nc(CC(C)C)ccc12. The summed E-state index contributed by atoms with van der Waals surface area (Å²) in [5.74, 6) is 0.517. The Labute approximate surface area is 206 Å². The van der Waals surface area contributed by atoms with Gasteiger partial charge in [-0.3, -0.25) is 4.79 Å². The largest absolute Gasteiger partial charge is 0.386 e. The first kappa shape index (κ1) is 23.1. The molecular formula is C27H35N5OS. The van der Waals surface area contributed by atoms with Crippen LogP contribution in [0.5, 0.6) is 0 Å². The minimum Gasteiger partial charge on any atom is -0.386 e. The highest BCUT2D eigenvalue weighted by Gasteiger charge is 2.32. The minimum atomic E-state index is -0.0364. The average molecular weight is 478 g/mol. The number of fused-ring (bicyclic) bond motifs is 3. The number of hydrogen-bond acceptors (Lipinski definition) is 6. The van der Waals surface area contributed by atoms with Gasteiger partial charge >= 0.3 is 0 Å². The molecule has 34 heavy (non-hydrogen) atoms. The summed E-state index contributed by atoms with van der Waals surface area (Å²) in [6.07, 6.45) is 4.35. The van der Waals surface area contributed by atoms with Gasteiger partial charge in [0.25, 0.3) is 5.91 Å².